The molecule has 1 aromatic heterocycles. The van der Waals surface area contributed by atoms with Crippen molar-refractivity contribution in [1.29, 1.82) is 0 Å². The first kappa shape index (κ1) is 13.0. The van der Waals surface area contributed by atoms with E-state index in [4.69, 9.17) is 18.0 Å². The molecule has 17 heavy (non-hydrogen) atoms. The van der Waals surface area contributed by atoms with Gasteiger partial charge in [-0.3, -0.25) is 4.90 Å². The van der Waals surface area contributed by atoms with Crippen LogP contribution in [-0.2, 0) is 13.0 Å². The molecule has 0 aromatic carbocycles. The van der Waals surface area contributed by atoms with Crippen LogP contribution in [0.2, 0.25) is 0 Å². The van der Waals surface area contributed by atoms with E-state index in [1.807, 2.05) is 11.3 Å². The van der Waals surface area contributed by atoms with E-state index in [9.17, 15) is 0 Å². The van der Waals surface area contributed by atoms with Crippen LogP contribution in [-0.4, -0.2) is 22.5 Å². The zero-order valence-corrected chi connectivity index (χ0v) is 11.9. The molecule has 1 unspecified atom stereocenters. The lowest BCUT2D eigenvalue weighted by molar-refractivity contribution is 0.186. The van der Waals surface area contributed by atoms with Crippen LogP contribution in [0.4, 0.5) is 0 Å². The highest BCUT2D eigenvalue weighted by molar-refractivity contribution is 7.80. The van der Waals surface area contributed by atoms with Crippen molar-refractivity contribution in [1.82, 2.24) is 4.90 Å². The van der Waals surface area contributed by atoms with Crippen LogP contribution < -0.4 is 5.73 Å². The summed E-state index contributed by atoms with van der Waals surface area (Å²) in [6.45, 7) is 4.34. The minimum atomic E-state index is 0.311. The summed E-state index contributed by atoms with van der Waals surface area (Å²) in [6, 6.07) is 4.79. The van der Waals surface area contributed by atoms with E-state index in [0.29, 0.717) is 11.0 Å². The maximum Gasteiger partial charge on any atom is 0.0902 e. The van der Waals surface area contributed by atoms with Crippen LogP contribution in [0.3, 0.4) is 0 Å². The third-order valence-corrected chi connectivity index (χ3v) is 4.85. The zero-order chi connectivity index (χ0) is 12.3. The smallest absolute Gasteiger partial charge is 0.0902 e. The Morgan fingerprint density at radius 3 is 2.88 bits per heavy atom. The fourth-order valence-corrected chi connectivity index (χ4v) is 3.65. The lowest BCUT2D eigenvalue weighted by Gasteiger charge is -2.34. The van der Waals surface area contributed by atoms with Crippen LogP contribution in [0.25, 0.3) is 0 Å². The summed E-state index contributed by atoms with van der Waals surface area (Å²) in [5, 5.41) is 0. The van der Waals surface area contributed by atoms with E-state index in [1.54, 1.807) is 0 Å². The Hall–Kier alpha value is -0.450. The Kier molecular flexibility index (Phi) is 4.54. The van der Waals surface area contributed by atoms with Gasteiger partial charge in [0.2, 0.25) is 0 Å². The van der Waals surface area contributed by atoms with Crippen LogP contribution in [0.1, 0.15) is 35.9 Å². The second-order valence-electron chi connectivity index (χ2n) is 4.61. The van der Waals surface area contributed by atoms with Crippen molar-refractivity contribution >= 4 is 28.5 Å². The second kappa shape index (κ2) is 5.94. The first-order valence-electron chi connectivity index (χ1n) is 6.31. The molecule has 0 saturated carbocycles. The SMILES string of the molecule is CCc1ccc(CN2CCCCC2C(N)=S)s1. The van der Waals surface area contributed by atoms with Crippen LogP contribution in [0.5, 0.6) is 0 Å². The fraction of sp³-hybridized carbons (Fsp3) is 0.615. The highest BCUT2D eigenvalue weighted by atomic mass is 32.1. The molecule has 1 atom stereocenters. The lowest BCUT2D eigenvalue weighted by Crippen LogP contribution is -2.46. The molecule has 1 aliphatic heterocycles. The molecule has 94 valence electrons. The predicted octanol–water partition coefficient (Wildman–Crippen LogP) is 2.95. The fourth-order valence-electron chi connectivity index (χ4n) is 2.40. The lowest BCUT2D eigenvalue weighted by atomic mass is 10.0. The van der Waals surface area contributed by atoms with Gasteiger partial charge in [0.05, 0.1) is 11.0 Å². The number of rotatable bonds is 4. The number of likely N-dealkylation sites (tertiary alicyclic amines) is 1. The molecule has 1 fully saturated rings. The summed E-state index contributed by atoms with van der Waals surface area (Å²) in [4.78, 5) is 6.00. The summed E-state index contributed by atoms with van der Waals surface area (Å²) < 4.78 is 0. The highest BCUT2D eigenvalue weighted by Gasteiger charge is 2.24. The molecule has 0 aliphatic carbocycles. The minimum Gasteiger partial charge on any atom is -0.392 e. The van der Waals surface area contributed by atoms with Gasteiger partial charge in [-0.05, 0) is 37.9 Å². The quantitative estimate of drug-likeness (QED) is 0.851. The van der Waals surface area contributed by atoms with Gasteiger partial charge in [0.15, 0.2) is 0 Å². The van der Waals surface area contributed by atoms with Crippen LogP contribution >= 0.6 is 23.6 Å². The molecule has 1 saturated heterocycles. The molecule has 4 heteroatoms. The zero-order valence-electron chi connectivity index (χ0n) is 10.3. The maximum absolute atomic E-state index is 5.84. The van der Waals surface area contributed by atoms with Gasteiger partial charge in [-0.25, -0.2) is 0 Å². The van der Waals surface area contributed by atoms with Crippen molar-refractivity contribution in [2.45, 2.75) is 45.2 Å². The highest BCUT2D eigenvalue weighted by Crippen LogP contribution is 2.24. The minimum absolute atomic E-state index is 0.311. The predicted molar refractivity (Wildman–Crippen MR) is 78.5 cm³/mol. The van der Waals surface area contributed by atoms with E-state index >= 15 is 0 Å². The third kappa shape index (κ3) is 3.27. The van der Waals surface area contributed by atoms with E-state index in [2.05, 4.69) is 24.0 Å². The molecule has 2 rings (SSSR count). The van der Waals surface area contributed by atoms with Gasteiger partial charge in [0.25, 0.3) is 0 Å². The largest absolute Gasteiger partial charge is 0.392 e. The van der Waals surface area contributed by atoms with Gasteiger partial charge < -0.3 is 5.73 Å². The Morgan fingerprint density at radius 2 is 2.24 bits per heavy atom. The number of thiophene rings is 1. The first-order chi connectivity index (χ1) is 8.20. The number of hydrogen-bond acceptors (Lipinski definition) is 3. The summed E-state index contributed by atoms with van der Waals surface area (Å²) in [7, 11) is 0. The molecule has 1 aromatic rings. The Labute approximate surface area is 113 Å². The molecular weight excluding hydrogens is 248 g/mol. The number of piperidine rings is 1. The van der Waals surface area contributed by atoms with Gasteiger partial charge in [-0.2, -0.15) is 0 Å². The van der Waals surface area contributed by atoms with E-state index < -0.39 is 0 Å². The average Bonchev–Trinajstić information content (AvgIpc) is 2.77. The van der Waals surface area contributed by atoms with Gasteiger partial charge in [-0.15, -0.1) is 11.3 Å². The molecule has 1 aliphatic rings. The molecule has 0 bridgehead atoms. The molecule has 2 nitrogen and oxygen atoms in total. The Morgan fingerprint density at radius 1 is 1.47 bits per heavy atom. The molecule has 2 heterocycles. The molecule has 0 spiro atoms. The third-order valence-electron chi connectivity index (χ3n) is 3.37. The second-order valence-corrected chi connectivity index (χ2v) is 6.33. The van der Waals surface area contributed by atoms with Crippen molar-refractivity contribution in [3.63, 3.8) is 0 Å². The average molecular weight is 268 g/mol. The van der Waals surface area contributed by atoms with Crippen molar-refractivity contribution in [3.8, 4) is 0 Å². The summed E-state index contributed by atoms with van der Waals surface area (Å²) >= 11 is 7.09. The van der Waals surface area contributed by atoms with Gasteiger partial charge in [-0.1, -0.05) is 25.6 Å². The molecule has 0 radical (unpaired) electrons. The number of hydrogen-bond donors (Lipinski definition) is 1. The maximum atomic E-state index is 5.84. The number of thiocarbonyl (C=S) groups is 1. The van der Waals surface area contributed by atoms with Gasteiger partial charge >= 0.3 is 0 Å². The van der Waals surface area contributed by atoms with Crippen molar-refractivity contribution in [2.24, 2.45) is 5.73 Å². The normalized spacial score (nSPS) is 21.6. The van der Waals surface area contributed by atoms with Crippen LogP contribution in [0, 0.1) is 0 Å². The summed E-state index contributed by atoms with van der Waals surface area (Å²) in [5.41, 5.74) is 5.84. The molecule has 2 N–H and O–H groups in total. The van der Waals surface area contributed by atoms with E-state index in [0.717, 1.165) is 25.9 Å². The van der Waals surface area contributed by atoms with Crippen LogP contribution in [0.15, 0.2) is 12.1 Å². The van der Waals surface area contributed by atoms with Gasteiger partial charge in [0.1, 0.15) is 0 Å². The van der Waals surface area contributed by atoms with Crippen molar-refractivity contribution in [2.75, 3.05) is 6.54 Å². The van der Waals surface area contributed by atoms with Crippen molar-refractivity contribution < 1.29 is 0 Å². The number of nitrogens with zero attached hydrogens (tertiary/aromatic N) is 1. The summed E-state index contributed by atoms with van der Waals surface area (Å²) in [5.74, 6) is 0. The standard InChI is InChI=1S/C13H20N2S2/c1-2-10-6-7-11(17-10)9-15-8-4-3-5-12(15)13(14)16/h6-7,12H,2-5,8-9H2,1H3,(H2,14,16). The Bertz CT molecular complexity index is 387. The first-order valence-corrected chi connectivity index (χ1v) is 7.54. The van der Waals surface area contributed by atoms with Gasteiger partial charge in [0, 0.05) is 16.3 Å². The Balaban J connectivity index is 2.02. The van der Waals surface area contributed by atoms with E-state index in [-0.39, 0.29) is 0 Å². The topological polar surface area (TPSA) is 29.3 Å². The summed E-state index contributed by atoms with van der Waals surface area (Å²) in [6.07, 6.45) is 4.78. The number of nitrogens with two attached hydrogens (primary N) is 1. The van der Waals surface area contributed by atoms with E-state index in [1.165, 1.54) is 22.6 Å². The number of aryl methyl sites for hydroxylation is 1. The molecule has 0 amide bonds. The molecular formula is C13H20N2S2. The monoisotopic (exact) mass is 268 g/mol. The van der Waals surface area contributed by atoms with Crippen molar-refractivity contribution in [3.05, 3.63) is 21.9 Å².